The van der Waals surface area contributed by atoms with Crippen LogP contribution in [0.15, 0.2) is 84.5 Å². The summed E-state index contributed by atoms with van der Waals surface area (Å²) in [7, 11) is -4.14. The van der Waals surface area contributed by atoms with Crippen molar-refractivity contribution in [3.8, 4) is 11.1 Å². The quantitative estimate of drug-likeness (QED) is 0.178. The zero-order chi connectivity index (χ0) is 31.1. The maximum atomic E-state index is 15.6. The number of pyridine rings is 1. The lowest BCUT2D eigenvalue weighted by atomic mass is 10.00. The van der Waals surface area contributed by atoms with Crippen LogP contribution in [-0.2, 0) is 10.0 Å². The molecule has 0 saturated carbocycles. The molecule has 5 aromatic rings. The first kappa shape index (κ1) is 30.4. The van der Waals surface area contributed by atoms with E-state index in [1.807, 2.05) is 4.72 Å². The van der Waals surface area contributed by atoms with Gasteiger partial charge in [0.2, 0.25) is 5.78 Å². The van der Waals surface area contributed by atoms with E-state index in [-0.39, 0.29) is 32.2 Å². The van der Waals surface area contributed by atoms with Crippen molar-refractivity contribution in [1.82, 2.24) is 9.55 Å². The molecule has 43 heavy (non-hydrogen) atoms. The van der Waals surface area contributed by atoms with Crippen molar-refractivity contribution in [2.45, 2.75) is 6.92 Å². The molecule has 5 rings (SSSR count). The Balaban J connectivity index is 1.73. The number of carbonyl (C=O) groups is 2. The van der Waals surface area contributed by atoms with Crippen LogP contribution in [-0.4, -0.2) is 29.7 Å². The molecule has 0 fully saturated rings. The Bertz CT molecular complexity index is 2060. The predicted molar refractivity (Wildman–Crippen MR) is 164 cm³/mol. The molecule has 1 N–H and O–H groups in total. The first-order valence-corrected chi connectivity index (χ1v) is 15.0. The molecule has 0 bridgehead atoms. The summed E-state index contributed by atoms with van der Waals surface area (Å²) in [5.41, 5.74) is -0.918. The van der Waals surface area contributed by atoms with Gasteiger partial charge >= 0.3 is 0 Å². The molecule has 2 heterocycles. The lowest BCUT2D eigenvalue weighted by Crippen LogP contribution is -2.15. The van der Waals surface area contributed by atoms with Gasteiger partial charge in [-0.3, -0.25) is 18.9 Å². The third-order valence-corrected chi connectivity index (χ3v) is 8.36. The van der Waals surface area contributed by atoms with E-state index in [2.05, 4.69) is 4.98 Å². The number of hydrogen-bond donors (Lipinski definition) is 1. The molecule has 0 aliphatic carbocycles. The fourth-order valence-corrected chi connectivity index (χ4v) is 5.98. The largest absolute Gasteiger partial charge is 0.288 e. The van der Waals surface area contributed by atoms with Crippen molar-refractivity contribution in [2.24, 2.45) is 0 Å². The molecule has 0 spiro atoms. The van der Waals surface area contributed by atoms with Crippen molar-refractivity contribution >= 4 is 73.2 Å². The van der Waals surface area contributed by atoms with Crippen LogP contribution in [0.3, 0.4) is 0 Å². The van der Waals surface area contributed by atoms with Crippen LogP contribution >= 0.6 is 34.8 Å². The minimum atomic E-state index is -4.14. The number of allylic oxidation sites excluding steroid dienone is 1. The van der Waals surface area contributed by atoms with Gasteiger partial charge in [-0.2, -0.15) is 0 Å². The van der Waals surface area contributed by atoms with E-state index >= 15 is 8.78 Å². The summed E-state index contributed by atoms with van der Waals surface area (Å²) in [6.45, 7) is 1.44. The smallest absolute Gasteiger partial charge is 0.266 e. The highest BCUT2D eigenvalue weighted by Crippen LogP contribution is 2.33. The van der Waals surface area contributed by atoms with Crippen LogP contribution in [0.5, 0.6) is 0 Å². The van der Waals surface area contributed by atoms with Gasteiger partial charge in [0.05, 0.1) is 32.4 Å². The molecule has 2 aromatic heterocycles. The lowest BCUT2D eigenvalue weighted by molar-refractivity contribution is 0.0964. The minimum absolute atomic E-state index is 0.0205. The van der Waals surface area contributed by atoms with E-state index in [0.717, 1.165) is 28.3 Å². The molecule has 0 amide bonds. The van der Waals surface area contributed by atoms with Crippen LogP contribution in [0.1, 0.15) is 33.2 Å². The van der Waals surface area contributed by atoms with Gasteiger partial charge in [-0.05, 0) is 55.0 Å². The lowest BCUT2D eigenvalue weighted by Gasteiger charge is -2.10. The Labute approximate surface area is 259 Å². The highest BCUT2D eigenvalue weighted by molar-refractivity contribution is 7.95. The second-order valence-corrected chi connectivity index (χ2v) is 12.0. The number of anilines is 1. The number of halogens is 5. The number of sulfonamides is 1. The Hall–Kier alpha value is -4.09. The summed E-state index contributed by atoms with van der Waals surface area (Å²) in [5, 5.41) is 1.40. The third kappa shape index (κ3) is 5.92. The molecule has 3 aromatic carbocycles. The maximum Gasteiger partial charge on any atom is 0.266 e. The van der Waals surface area contributed by atoms with E-state index in [1.165, 1.54) is 37.4 Å². The Morgan fingerprint density at radius 1 is 0.930 bits per heavy atom. The van der Waals surface area contributed by atoms with E-state index in [4.69, 9.17) is 34.8 Å². The Kier molecular flexibility index (Phi) is 8.40. The fourth-order valence-electron chi connectivity index (χ4n) is 4.41. The number of ketones is 1. The van der Waals surface area contributed by atoms with Gasteiger partial charge in [-0.15, -0.1) is 0 Å². The Morgan fingerprint density at radius 3 is 2.26 bits per heavy atom. The highest BCUT2D eigenvalue weighted by atomic mass is 35.5. The number of nitrogens with one attached hydrogen (secondary N) is 1. The summed E-state index contributed by atoms with van der Waals surface area (Å²) in [6.07, 6.45) is 3.75. The standard InChI is InChI=1S/C30H18Cl3F2N3O4S/c1-2-12-43(41,42)37-24-11-10-23(34)26(27(24)35)28(39)20-15-38(30(40)25-21(32)4-3-5-22(25)33)29-19(20)13-17(14-36-29)16-6-8-18(31)9-7-16/h2-15,37H,1H3. The predicted octanol–water partition coefficient (Wildman–Crippen LogP) is 8.14. The zero-order valence-electron chi connectivity index (χ0n) is 21.9. The third-order valence-electron chi connectivity index (χ3n) is 6.35. The molecule has 13 heteroatoms. The normalized spacial score (nSPS) is 11.8. The van der Waals surface area contributed by atoms with Crippen molar-refractivity contribution in [3.63, 3.8) is 0 Å². The summed E-state index contributed by atoms with van der Waals surface area (Å²) >= 11 is 18.5. The van der Waals surface area contributed by atoms with Crippen LogP contribution < -0.4 is 4.72 Å². The van der Waals surface area contributed by atoms with Crippen LogP contribution in [0, 0.1) is 11.6 Å². The number of aromatic nitrogens is 2. The Morgan fingerprint density at radius 2 is 1.60 bits per heavy atom. The van der Waals surface area contributed by atoms with E-state index < -0.39 is 44.6 Å². The summed E-state index contributed by atoms with van der Waals surface area (Å²) in [5.74, 6) is -4.61. The average Bonchev–Trinajstić information content (AvgIpc) is 3.34. The van der Waals surface area contributed by atoms with Crippen molar-refractivity contribution in [1.29, 1.82) is 0 Å². The number of fused-ring (bicyclic) bond motifs is 1. The molecule has 7 nitrogen and oxygen atoms in total. The van der Waals surface area contributed by atoms with Crippen LogP contribution in [0.2, 0.25) is 15.1 Å². The monoisotopic (exact) mass is 659 g/mol. The molecular weight excluding hydrogens is 643 g/mol. The van der Waals surface area contributed by atoms with Crippen molar-refractivity contribution in [3.05, 3.63) is 128 Å². The first-order chi connectivity index (χ1) is 20.4. The average molecular weight is 661 g/mol. The number of nitrogens with zero attached hydrogens (tertiary/aromatic N) is 2. The van der Waals surface area contributed by atoms with Crippen LogP contribution in [0.25, 0.3) is 22.2 Å². The number of hydrogen-bond acceptors (Lipinski definition) is 5. The molecule has 0 unspecified atom stereocenters. The second kappa shape index (κ2) is 11.9. The van der Waals surface area contributed by atoms with E-state index in [0.29, 0.717) is 16.1 Å². The molecule has 0 atom stereocenters. The fraction of sp³-hybridized carbons (Fsp3) is 0.0333. The van der Waals surface area contributed by atoms with Crippen molar-refractivity contribution in [2.75, 3.05) is 4.72 Å². The van der Waals surface area contributed by atoms with Gasteiger partial charge in [0.25, 0.3) is 15.9 Å². The summed E-state index contributed by atoms with van der Waals surface area (Å²) < 4.78 is 58.1. The SMILES string of the molecule is CC=CS(=O)(=O)Nc1ccc(F)c(C(=O)c2cn(C(=O)c3c(Cl)cccc3Cl)c3ncc(-c4ccc(Cl)cc4)cc23)c1F. The van der Waals surface area contributed by atoms with Gasteiger partial charge < -0.3 is 0 Å². The van der Waals surface area contributed by atoms with Gasteiger partial charge in [0, 0.05) is 33.8 Å². The first-order valence-electron chi connectivity index (χ1n) is 12.4. The highest BCUT2D eigenvalue weighted by Gasteiger charge is 2.29. The number of carbonyl (C=O) groups excluding carboxylic acids is 2. The maximum absolute atomic E-state index is 15.6. The van der Waals surface area contributed by atoms with E-state index in [9.17, 15) is 18.0 Å². The van der Waals surface area contributed by atoms with E-state index in [1.54, 1.807) is 30.3 Å². The number of rotatable bonds is 7. The summed E-state index contributed by atoms with van der Waals surface area (Å²) in [4.78, 5) is 31.9. The summed E-state index contributed by atoms with van der Waals surface area (Å²) in [6, 6.07) is 14.3. The molecule has 0 radical (unpaired) electrons. The second-order valence-electron chi connectivity index (χ2n) is 9.15. The van der Waals surface area contributed by atoms with Gasteiger partial charge in [-0.25, -0.2) is 22.2 Å². The molecular formula is C30H18Cl3F2N3O4S. The number of benzene rings is 3. The molecule has 218 valence electrons. The van der Waals surface area contributed by atoms with Crippen LogP contribution in [0.4, 0.5) is 14.5 Å². The van der Waals surface area contributed by atoms with Gasteiger partial charge in [0.1, 0.15) is 11.5 Å². The molecule has 0 saturated heterocycles. The van der Waals surface area contributed by atoms with Gasteiger partial charge in [-0.1, -0.05) is 59.1 Å². The molecule has 0 aliphatic rings. The topological polar surface area (TPSA) is 98.1 Å². The minimum Gasteiger partial charge on any atom is -0.288 e. The van der Waals surface area contributed by atoms with Crippen molar-refractivity contribution < 1.29 is 26.8 Å². The zero-order valence-corrected chi connectivity index (χ0v) is 25.0. The molecule has 0 aliphatic heterocycles. The van der Waals surface area contributed by atoms with Gasteiger partial charge in [0.15, 0.2) is 5.82 Å².